The van der Waals surface area contributed by atoms with Gasteiger partial charge in [-0.15, -0.1) is 0 Å². The van der Waals surface area contributed by atoms with Gasteiger partial charge < -0.3 is 15.1 Å². The molecule has 1 saturated heterocycles. The maximum Gasteiger partial charge on any atom is 0.223 e. The van der Waals surface area contributed by atoms with Gasteiger partial charge in [0, 0.05) is 37.5 Å². The number of aryl methyl sites for hydroxylation is 2. The number of hydrogen-bond acceptors (Lipinski definition) is 4. The molecule has 1 saturated carbocycles. The van der Waals surface area contributed by atoms with Gasteiger partial charge in [0.1, 0.15) is 0 Å². The van der Waals surface area contributed by atoms with Crippen LogP contribution in [0.4, 0.5) is 0 Å². The van der Waals surface area contributed by atoms with Crippen molar-refractivity contribution < 1.29 is 9.21 Å². The molecule has 0 radical (unpaired) electrons. The molecule has 4 rings (SSSR count). The lowest BCUT2D eigenvalue weighted by Crippen LogP contribution is -2.33. The van der Waals surface area contributed by atoms with E-state index in [2.05, 4.69) is 4.98 Å². The number of amides is 1. The molecule has 3 atom stereocenters. The summed E-state index contributed by atoms with van der Waals surface area (Å²) >= 11 is 0. The summed E-state index contributed by atoms with van der Waals surface area (Å²) in [5, 5.41) is 0. The molecule has 1 aliphatic heterocycles. The highest BCUT2D eigenvalue weighted by Crippen LogP contribution is 2.37. The number of oxazole rings is 1. The van der Waals surface area contributed by atoms with Gasteiger partial charge in [-0.2, -0.15) is 0 Å². The van der Waals surface area contributed by atoms with Crippen LogP contribution in [-0.4, -0.2) is 34.9 Å². The van der Waals surface area contributed by atoms with Crippen molar-refractivity contribution in [3.8, 4) is 11.3 Å². The summed E-state index contributed by atoms with van der Waals surface area (Å²) < 4.78 is 5.90. The van der Waals surface area contributed by atoms with Crippen LogP contribution in [0.15, 0.2) is 34.7 Å². The third-order valence-corrected chi connectivity index (χ3v) is 5.69. The lowest BCUT2D eigenvalue weighted by molar-refractivity contribution is -0.130. The van der Waals surface area contributed by atoms with Gasteiger partial charge >= 0.3 is 0 Å². The third kappa shape index (κ3) is 3.21. The second-order valence-electron chi connectivity index (χ2n) is 7.35. The van der Waals surface area contributed by atoms with Crippen molar-refractivity contribution in [3.05, 3.63) is 41.9 Å². The van der Waals surface area contributed by atoms with Crippen LogP contribution in [0.25, 0.3) is 11.3 Å². The van der Waals surface area contributed by atoms with Crippen LogP contribution in [0.5, 0.6) is 0 Å². The molecule has 0 spiro atoms. The Labute approximate surface area is 148 Å². The first-order chi connectivity index (χ1) is 12.1. The number of carbonyl (C=O) groups excluding carboxylic acids is 1. The zero-order valence-electron chi connectivity index (χ0n) is 14.6. The summed E-state index contributed by atoms with van der Waals surface area (Å²) in [5.41, 5.74) is 8.05. The van der Waals surface area contributed by atoms with Crippen LogP contribution < -0.4 is 5.73 Å². The first kappa shape index (κ1) is 16.3. The van der Waals surface area contributed by atoms with Crippen molar-refractivity contribution in [3.63, 3.8) is 0 Å². The quantitative estimate of drug-likeness (QED) is 0.930. The number of rotatable bonds is 4. The molecule has 5 heteroatoms. The van der Waals surface area contributed by atoms with Gasteiger partial charge in [0.15, 0.2) is 11.7 Å². The van der Waals surface area contributed by atoms with Crippen LogP contribution in [-0.2, 0) is 11.2 Å². The van der Waals surface area contributed by atoms with E-state index in [0.29, 0.717) is 30.6 Å². The molecule has 0 bridgehead atoms. The first-order valence-corrected chi connectivity index (χ1v) is 9.17. The highest BCUT2D eigenvalue weighted by molar-refractivity contribution is 5.76. The number of carbonyl (C=O) groups is 1. The minimum Gasteiger partial charge on any atom is -0.440 e. The highest BCUT2D eigenvalue weighted by Gasteiger charge is 2.42. The van der Waals surface area contributed by atoms with Crippen LogP contribution in [0.2, 0.25) is 0 Å². The van der Waals surface area contributed by atoms with E-state index in [-0.39, 0.29) is 11.9 Å². The molecule has 1 aromatic carbocycles. The topological polar surface area (TPSA) is 72.4 Å². The summed E-state index contributed by atoms with van der Waals surface area (Å²) in [4.78, 5) is 19.0. The lowest BCUT2D eigenvalue weighted by atomic mass is 9.98. The van der Waals surface area contributed by atoms with E-state index < -0.39 is 0 Å². The zero-order chi connectivity index (χ0) is 17.4. The van der Waals surface area contributed by atoms with E-state index in [0.717, 1.165) is 42.9 Å². The Kier molecular flexibility index (Phi) is 4.34. The second-order valence-corrected chi connectivity index (χ2v) is 7.35. The van der Waals surface area contributed by atoms with E-state index in [1.807, 2.05) is 42.2 Å². The van der Waals surface area contributed by atoms with Crippen molar-refractivity contribution in [2.45, 2.75) is 38.6 Å². The van der Waals surface area contributed by atoms with Crippen molar-refractivity contribution in [2.75, 3.05) is 13.1 Å². The molecule has 1 amide bonds. The standard InChI is InChI=1S/C20H25N3O2/c1-13-20(14-5-3-2-4-6-14)25-18(22-13)9-10-19(24)23-11-15-7-8-17(21)16(15)12-23/h2-6,15-17H,7-12,21H2,1H3. The summed E-state index contributed by atoms with van der Waals surface area (Å²) in [7, 11) is 0. The minimum absolute atomic E-state index is 0.193. The summed E-state index contributed by atoms with van der Waals surface area (Å²) in [6.45, 7) is 3.64. The van der Waals surface area contributed by atoms with Crippen molar-refractivity contribution in [2.24, 2.45) is 17.6 Å². The largest absolute Gasteiger partial charge is 0.440 e. The van der Waals surface area contributed by atoms with Gasteiger partial charge in [0.25, 0.3) is 0 Å². The van der Waals surface area contributed by atoms with Crippen LogP contribution in [0, 0.1) is 18.8 Å². The van der Waals surface area contributed by atoms with Crippen molar-refractivity contribution in [1.29, 1.82) is 0 Å². The SMILES string of the molecule is Cc1nc(CCC(=O)N2CC3CCC(N)C3C2)oc1-c1ccccc1. The van der Waals surface area contributed by atoms with Gasteiger partial charge in [0.05, 0.1) is 5.69 Å². The average molecular weight is 339 g/mol. The third-order valence-electron chi connectivity index (χ3n) is 5.69. The summed E-state index contributed by atoms with van der Waals surface area (Å²) in [6.07, 6.45) is 3.26. The number of nitrogens with zero attached hydrogens (tertiary/aromatic N) is 2. The Hall–Kier alpha value is -2.14. The van der Waals surface area contributed by atoms with Crippen LogP contribution >= 0.6 is 0 Å². The maximum absolute atomic E-state index is 12.5. The Morgan fingerprint density at radius 1 is 1.28 bits per heavy atom. The van der Waals surface area contributed by atoms with Crippen LogP contribution in [0.1, 0.15) is 30.8 Å². The average Bonchev–Trinajstić information content (AvgIpc) is 3.30. The van der Waals surface area contributed by atoms with Gasteiger partial charge in [-0.05, 0) is 31.6 Å². The molecule has 2 N–H and O–H groups in total. The molecular weight excluding hydrogens is 314 g/mol. The van der Waals surface area contributed by atoms with E-state index in [9.17, 15) is 4.79 Å². The molecule has 1 aliphatic carbocycles. The highest BCUT2D eigenvalue weighted by atomic mass is 16.4. The predicted octanol–water partition coefficient (Wildman–Crippen LogP) is 2.78. The molecule has 3 unspecified atom stereocenters. The number of fused-ring (bicyclic) bond motifs is 1. The smallest absolute Gasteiger partial charge is 0.223 e. The maximum atomic E-state index is 12.5. The fraction of sp³-hybridized carbons (Fsp3) is 0.500. The molecular formula is C20H25N3O2. The first-order valence-electron chi connectivity index (χ1n) is 9.17. The predicted molar refractivity (Wildman–Crippen MR) is 95.8 cm³/mol. The van der Waals surface area contributed by atoms with Crippen molar-refractivity contribution in [1.82, 2.24) is 9.88 Å². The monoisotopic (exact) mass is 339 g/mol. The van der Waals surface area contributed by atoms with Gasteiger partial charge in [-0.3, -0.25) is 4.79 Å². The number of likely N-dealkylation sites (tertiary alicyclic amines) is 1. The van der Waals surface area contributed by atoms with E-state index in [1.54, 1.807) is 0 Å². The fourth-order valence-electron chi connectivity index (χ4n) is 4.30. The Balaban J connectivity index is 1.37. The molecule has 2 heterocycles. The number of aromatic nitrogens is 1. The normalized spacial score (nSPS) is 25.4. The van der Waals surface area contributed by atoms with Gasteiger partial charge in [0.2, 0.25) is 5.91 Å². The lowest BCUT2D eigenvalue weighted by Gasteiger charge is -2.18. The zero-order valence-corrected chi connectivity index (χ0v) is 14.6. The molecule has 5 nitrogen and oxygen atoms in total. The van der Waals surface area contributed by atoms with Crippen LogP contribution in [0.3, 0.4) is 0 Å². The van der Waals surface area contributed by atoms with Gasteiger partial charge in [-0.1, -0.05) is 30.3 Å². The Morgan fingerprint density at radius 3 is 2.84 bits per heavy atom. The second kappa shape index (κ2) is 6.64. The number of nitrogens with two attached hydrogens (primary N) is 1. The minimum atomic E-state index is 0.193. The Bertz CT molecular complexity index is 756. The fourth-order valence-corrected chi connectivity index (χ4v) is 4.30. The summed E-state index contributed by atoms with van der Waals surface area (Å²) in [5.74, 6) is 2.73. The van der Waals surface area contributed by atoms with E-state index >= 15 is 0 Å². The molecule has 25 heavy (non-hydrogen) atoms. The Morgan fingerprint density at radius 2 is 2.08 bits per heavy atom. The molecule has 2 aromatic rings. The number of hydrogen-bond donors (Lipinski definition) is 1. The van der Waals surface area contributed by atoms with Crippen molar-refractivity contribution >= 4 is 5.91 Å². The molecule has 2 aliphatic rings. The molecule has 132 valence electrons. The van der Waals surface area contributed by atoms with Gasteiger partial charge in [-0.25, -0.2) is 4.98 Å². The molecule has 1 aromatic heterocycles. The summed E-state index contributed by atoms with van der Waals surface area (Å²) in [6, 6.07) is 10.2. The van der Waals surface area contributed by atoms with E-state index in [4.69, 9.17) is 10.2 Å². The number of benzene rings is 1. The molecule has 2 fully saturated rings. The van der Waals surface area contributed by atoms with E-state index in [1.165, 1.54) is 0 Å².